The van der Waals surface area contributed by atoms with Gasteiger partial charge in [0.05, 0.1) is 11.6 Å². The Morgan fingerprint density at radius 1 is 1.37 bits per heavy atom. The molecular weight excluding hydrogens is 384 g/mol. The van der Waals surface area contributed by atoms with E-state index < -0.39 is 5.60 Å². The summed E-state index contributed by atoms with van der Waals surface area (Å²) in [4.78, 5) is 13.8. The maximum atomic E-state index is 12.9. The van der Waals surface area contributed by atoms with Gasteiger partial charge in [-0.3, -0.25) is 4.79 Å². The fourth-order valence-corrected chi connectivity index (χ4v) is 4.43. The van der Waals surface area contributed by atoms with Crippen LogP contribution in [0.3, 0.4) is 0 Å². The van der Waals surface area contributed by atoms with Crippen LogP contribution in [0.4, 0.5) is 0 Å². The number of rotatable bonds is 6. The van der Waals surface area contributed by atoms with Gasteiger partial charge < -0.3 is 14.9 Å². The van der Waals surface area contributed by atoms with Crippen molar-refractivity contribution in [2.45, 2.75) is 25.4 Å². The molecule has 1 aliphatic rings. The second kappa shape index (κ2) is 7.11. The number of nitrogens with zero attached hydrogens (tertiary/aromatic N) is 1. The summed E-state index contributed by atoms with van der Waals surface area (Å²) in [6.07, 6.45) is 1.92. The van der Waals surface area contributed by atoms with E-state index in [0.29, 0.717) is 27.6 Å². The van der Waals surface area contributed by atoms with E-state index in [4.69, 9.17) is 16.1 Å². The fourth-order valence-electron chi connectivity index (χ4n) is 3.30. The molecule has 1 saturated carbocycles. The van der Waals surface area contributed by atoms with E-state index in [-0.39, 0.29) is 18.4 Å². The number of carbonyl (C=O) groups excluding carboxylic acids is 1. The molecule has 2 heterocycles. The Morgan fingerprint density at radius 3 is 2.81 bits per heavy atom. The third kappa shape index (κ3) is 3.40. The number of nitrogens with one attached hydrogen (secondary N) is 1. The van der Waals surface area contributed by atoms with Gasteiger partial charge in [-0.25, -0.2) is 0 Å². The van der Waals surface area contributed by atoms with E-state index in [2.05, 4.69) is 10.5 Å². The van der Waals surface area contributed by atoms with Crippen molar-refractivity contribution in [2.75, 3.05) is 6.54 Å². The highest BCUT2D eigenvalue weighted by Crippen LogP contribution is 2.46. The summed E-state index contributed by atoms with van der Waals surface area (Å²) >= 11 is 7.76. The number of aryl methyl sites for hydroxylation is 1. The molecule has 5 nitrogen and oxygen atoms in total. The smallest absolute Gasteiger partial charge is 0.257 e. The average molecular weight is 403 g/mol. The quantitative estimate of drug-likeness (QED) is 0.641. The highest BCUT2D eigenvalue weighted by atomic mass is 35.5. The molecule has 1 fully saturated rings. The number of halogens is 1. The molecule has 1 aromatic carbocycles. The van der Waals surface area contributed by atoms with Crippen LogP contribution in [0, 0.1) is 12.8 Å². The zero-order valence-corrected chi connectivity index (χ0v) is 16.3. The first kappa shape index (κ1) is 18.2. The highest BCUT2D eigenvalue weighted by molar-refractivity contribution is 7.10. The minimum absolute atomic E-state index is 0.142. The van der Waals surface area contributed by atoms with Crippen LogP contribution in [0.2, 0.25) is 5.02 Å². The Kier molecular flexibility index (Phi) is 4.80. The monoisotopic (exact) mass is 402 g/mol. The first-order chi connectivity index (χ1) is 13.0. The molecule has 1 atom stereocenters. The molecule has 0 radical (unpaired) electrons. The van der Waals surface area contributed by atoms with E-state index >= 15 is 0 Å². The van der Waals surface area contributed by atoms with Gasteiger partial charge in [0, 0.05) is 10.4 Å². The van der Waals surface area contributed by atoms with Gasteiger partial charge in [0.25, 0.3) is 5.91 Å². The standard InChI is InChI=1S/C20H19ClN2O3S/c1-12-17(18(23-26-12)14-5-2-3-6-15(14)21)19(24)22-11-20(25,13-8-9-13)16-7-4-10-27-16/h2-7,10,13,25H,8-9,11H2,1H3,(H,22,24)/t20-/m1/s1. The zero-order valence-electron chi connectivity index (χ0n) is 14.7. The van der Waals surface area contributed by atoms with Crippen molar-refractivity contribution in [3.8, 4) is 11.3 Å². The van der Waals surface area contributed by atoms with Crippen molar-refractivity contribution in [3.05, 3.63) is 63.0 Å². The summed E-state index contributed by atoms with van der Waals surface area (Å²) in [5.41, 5.74) is 0.338. The van der Waals surface area contributed by atoms with E-state index in [0.717, 1.165) is 17.7 Å². The molecule has 140 valence electrons. The molecule has 1 aliphatic carbocycles. The molecule has 3 aromatic rings. The van der Waals surface area contributed by atoms with Crippen LogP contribution >= 0.6 is 22.9 Å². The number of hydrogen-bond donors (Lipinski definition) is 2. The Labute approximate surface area is 166 Å². The number of thiophene rings is 1. The predicted molar refractivity (Wildman–Crippen MR) is 105 cm³/mol. The lowest BCUT2D eigenvalue weighted by atomic mass is 9.95. The van der Waals surface area contributed by atoms with Crippen molar-refractivity contribution in [1.29, 1.82) is 0 Å². The molecule has 7 heteroatoms. The Bertz CT molecular complexity index is 966. The lowest BCUT2D eigenvalue weighted by Crippen LogP contribution is -2.42. The maximum absolute atomic E-state index is 12.9. The maximum Gasteiger partial charge on any atom is 0.257 e. The van der Waals surface area contributed by atoms with Crippen LogP contribution in [0.5, 0.6) is 0 Å². The zero-order chi connectivity index (χ0) is 19.0. The summed E-state index contributed by atoms with van der Waals surface area (Å²) in [7, 11) is 0. The van der Waals surface area contributed by atoms with Gasteiger partial charge in [0.2, 0.25) is 0 Å². The molecule has 2 N–H and O–H groups in total. The number of hydrogen-bond acceptors (Lipinski definition) is 5. The van der Waals surface area contributed by atoms with Gasteiger partial charge in [0.15, 0.2) is 0 Å². The topological polar surface area (TPSA) is 75.4 Å². The van der Waals surface area contributed by atoms with Crippen LogP contribution in [0.15, 0.2) is 46.3 Å². The van der Waals surface area contributed by atoms with Crippen LogP contribution in [-0.2, 0) is 5.60 Å². The summed E-state index contributed by atoms with van der Waals surface area (Å²) in [6, 6.07) is 11.0. The number of aliphatic hydroxyl groups is 1. The molecule has 0 saturated heterocycles. The molecule has 27 heavy (non-hydrogen) atoms. The minimum atomic E-state index is -1.04. The largest absolute Gasteiger partial charge is 0.382 e. The van der Waals surface area contributed by atoms with Crippen molar-refractivity contribution >= 4 is 28.8 Å². The molecule has 4 rings (SSSR count). The van der Waals surface area contributed by atoms with Gasteiger partial charge in [-0.1, -0.05) is 41.0 Å². The van der Waals surface area contributed by atoms with E-state index in [1.807, 2.05) is 29.6 Å². The van der Waals surface area contributed by atoms with Crippen LogP contribution in [0.25, 0.3) is 11.3 Å². The summed E-state index contributed by atoms with van der Waals surface area (Å²) in [6.45, 7) is 1.83. The molecule has 0 unspecified atom stereocenters. The van der Waals surface area contributed by atoms with Gasteiger partial charge in [-0.15, -0.1) is 11.3 Å². The normalized spacial score (nSPS) is 16.1. The van der Waals surface area contributed by atoms with Crippen LogP contribution in [0.1, 0.15) is 33.8 Å². The molecule has 1 amide bonds. The van der Waals surface area contributed by atoms with Crippen LogP contribution < -0.4 is 5.32 Å². The lowest BCUT2D eigenvalue weighted by Gasteiger charge is -2.27. The molecule has 0 aliphatic heterocycles. The first-order valence-electron chi connectivity index (χ1n) is 8.76. The fraction of sp³-hybridized carbons (Fsp3) is 0.300. The molecule has 0 spiro atoms. The summed E-state index contributed by atoms with van der Waals surface area (Å²) in [5.74, 6) is 0.246. The Morgan fingerprint density at radius 2 is 2.15 bits per heavy atom. The van der Waals surface area contributed by atoms with Gasteiger partial charge in [0.1, 0.15) is 22.6 Å². The Balaban J connectivity index is 1.59. The Hall–Kier alpha value is -2.15. The van der Waals surface area contributed by atoms with Crippen molar-refractivity contribution < 1.29 is 14.4 Å². The van der Waals surface area contributed by atoms with Gasteiger partial charge >= 0.3 is 0 Å². The van der Waals surface area contributed by atoms with Crippen molar-refractivity contribution in [3.63, 3.8) is 0 Å². The average Bonchev–Trinajstić information content (AvgIpc) is 3.23. The first-order valence-corrected chi connectivity index (χ1v) is 10.0. The predicted octanol–water partition coefficient (Wildman–Crippen LogP) is 4.39. The summed E-state index contributed by atoms with van der Waals surface area (Å²) in [5, 5.41) is 20.5. The third-order valence-electron chi connectivity index (χ3n) is 4.94. The number of carbonyl (C=O) groups is 1. The SMILES string of the molecule is Cc1onc(-c2ccccc2Cl)c1C(=O)NC[C@](O)(c1cccs1)C1CC1. The third-order valence-corrected chi connectivity index (χ3v) is 6.30. The molecule has 2 aromatic heterocycles. The lowest BCUT2D eigenvalue weighted by molar-refractivity contribution is 0.0169. The second-order valence-corrected chi connectivity index (χ2v) is 8.16. The summed E-state index contributed by atoms with van der Waals surface area (Å²) < 4.78 is 5.26. The van der Waals surface area contributed by atoms with Crippen molar-refractivity contribution in [2.24, 2.45) is 5.92 Å². The van der Waals surface area contributed by atoms with E-state index in [9.17, 15) is 9.90 Å². The van der Waals surface area contributed by atoms with E-state index in [1.54, 1.807) is 19.1 Å². The van der Waals surface area contributed by atoms with Gasteiger partial charge in [-0.05, 0) is 43.2 Å². The highest BCUT2D eigenvalue weighted by Gasteiger charge is 2.46. The molecular formula is C20H19ClN2O3S. The van der Waals surface area contributed by atoms with Crippen molar-refractivity contribution in [1.82, 2.24) is 10.5 Å². The molecule has 0 bridgehead atoms. The van der Waals surface area contributed by atoms with Crippen LogP contribution in [-0.4, -0.2) is 22.7 Å². The van der Waals surface area contributed by atoms with E-state index in [1.165, 1.54) is 11.3 Å². The van der Waals surface area contributed by atoms with Gasteiger partial charge in [-0.2, -0.15) is 0 Å². The number of amides is 1. The second-order valence-electron chi connectivity index (χ2n) is 6.80. The number of aromatic nitrogens is 1. The number of benzene rings is 1. The minimum Gasteiger partial charge on any atom is -0.382 e.